The molecular weight excluding hydrogens is 257 g/mol. The molecule has 1 aliphatic rings. The standard InChI is InChI=1S/C13H25F3N2O/c1-5-10(2)11-8-18(12(3,4)9-17-11)6-7-19-13(14,15)16/h10-11,17H,5-9H2,1-4H3. The highest BCUT2D eigenvalue weighted by Crippen LogP contribution is 2.23. The topological polar surface area (TPSA) is 24.5 Å². The average molecular weight is 282 g/mol. The van der Waals surface area contributed by atoms with Crippen LogP contribution >= 0.6 is 0 Å². The van der Waals surface area contributed by atoms with Gasteiger partial charge in [-0.2, -0.15) is 0 Å². The predicted octanol–water partition coefficient (Wildman–Crippen LogP) is 2.62. The first-order chi connectivity index (χ1) is 8.65. The summed E-state index contributed by atoms with van der Waals surface area (Å²) in [5.74, 6) is 0.516. The van der Waals surface area contributed by atoms with E-state index in [1.807, 2.05) is 13.8 Å². The SMILES string of the molecule is CCC(C)C1CN(CCOC(F)(F)F)C(C)(C)CN1. The van der Waals surface area contributed by atoms with E-state index in [0.29, 0.717) is 18.5 Å². The van der Waals surface area contributed by atoms with Crippen molar-refractivity contribution in [2.45, 2.75) is 52.1 Å². The average Bonchev–Trinajstić information content (AvgIpc) is 2.28. The van der Waals surface area contributed by atoms with E-state index >= 15 is 0 Å². The number of ether oxygens (including phenoxy) is 1. The fraction of sp³-hybridized carbons (Fsp3) is 1.00. The summed E-state index contributed by atoms with van der Waals surface area (Å²) >= 11 is 0. The number of rotatable bonds is 5. The van der Waals surface area contributed by atoms with Crippen LogP contribution in [0.5, 0.6) is 0 Å². The van der Waals surface area contributed by atoms with Crippen LogP contribution in [0.3, 0.4) is 0 Å². The van der Waals surface area contributed by atoms with E-state index in [4.69, 9.17) is 0 Å². The second kappa shape index (κ2) is 6.41. The van der Waals surface area contributed by atoms with Crippen LogP contribution in [0.1, 0.15) is 34.1 Å². The van der Waals surface area contributed by atoms with E-state index in [-0.39, 0.29) is 12.1 Å². The number of hydrogen-bond acceptors (Lipinski definition) is 3. The molecule has 0 spiro atoms. The third-order valence-electron chi connectivity index (χ3n) is 4.03. The van der Waals surface area contributed by atoms with Crippen LogP contribution in [0.25, 0.3) is 0 Å². The number of nitrogens with zero attached hydrogens (tertiary/aromatic N) is 1. The molecule has 1 heterocycles. The van der Waals surface area contributed by atoms with Gasteiger partial charge in [0.05, 0.1) is 6.61 Å². The molecule has 2 atom stereocenters. The van der Waals surface area contributed by atoms with Crippen LogP contribution in [-0.2, 0) is 4.74 Å². The normalized spacial score (nSPS) is 26.4. The lowest BCUT2D eigenvalue weighted by molar-refractivity contribution is -0.325. The highest BCUT2D eigenvalue weighted by Gasteiger charge is 2.36. The second-order valence-corrected chi connectivity index (χ2v) is 5.93. The largest absolute Gasteiger partial charge is 0.522 e. The number of alkyl halides is 3. The smallest absolute Gasteiger partial charge is 0.311 e. The summed E-state index contributed by atoms with van der Waals surface area (Å²) in [6.07, 6.45) is -3.47. The molecule has 19 heavy (non-hydrogen) atoms. The molecule has 6 heteroatoms. The summed E-state index contributed by atoms with van der Waals surface area (Å²) in [5, 5.41) is 3.49. The lowest BCUT2D eigenvalue weighted by Crippen LogP contribution is -2.63. The molecule has 1 rings (SSSR count). The lowest BCUT2D eigenvalue weighted by Gasteiger charge is -2.47. The fourth-order valence-electron chi connectivity index (χ4n) is 2.37. The first kappa shape index (κ1) is 16.7. The van der Waals surface area contributed by atoms with Crippen LogP contribution in [0.15, 0.2) is 0 Å². The van der Waals surface area contributed by atoms with Gasteiger partial charge >= 0.3 is 6.36 Å². The molecule has 0 aliphatic carbocycles. The summed E-state index contributed by atoms with van der Waals surface area (Å²) in [6.45, 7) is 9.93. The van der Waals surface area contributed by atoms with E-state index in [1.54, 1.807) is 0 Å². The fourth-order valence-corrected chi connectivity index (χ4v) is 2.37. The van der Waals surface area contributed by atoms with Gasteiger partial charge in [0.15, 0.2) is 0 Å². The Kier molecular flexibility index (Phi) is 5.65. The zero-order chi connectivity index (χ0) is 14.7. The summed E-state index contributed by atoms with van der Waals surface area (Å²) in [5.41, 5.74) is -0.140. The Labute approximate surface area is 113 Å². The van der Waals surface area contributed by atoms with Crippen molar-refractivity contribution in [3.05, 3.63) is 0 Å². The maximum atomic E-state index is 12.0. The van der Waals surface area contributed by atoms with Gasteiger partial charge in [-0.1, -0.05) is 20.3 Å². The molecule has 0 bridgehead atoms. The highest BCUT2D eigenvalue weighted by atomic mass is 19.4. The molecule has 2 unspecified atom stereocenters. The second-order valence-electron chi connectivity index (χ2n) is 5.93. The molecule has 0 amide bonds. The van der Waals surface area contributed by atoms with Gasteiger partial charge in [-0.05, 0) is 19.8 Å². The van der Waals surface area contributed by atoms with E-state index in [0.717, 1.165) is 19.5 Å². The van der Waals surface area contributed by atoms with Crippen LogP contribution in [0.4, 0.5) is 13.2 Å². The van der Waals surface area contributed by atoms with E-state index in [1.165, 1.54) is 0 Å². The van der Waals surface area contributed by atoms with Gasteiger partial charge in [-0.15, -0.1) is 13.2 Å². The van der Waals surface area contributed by atoms with E-state index in [2.05, 4.69) is 28.8 Å². The molecule has 0 saturated carbocycles. The lowest BCUT2D eigenvalue weighted by atomic mass is 9.91. The molecule has 1 N–H and O–H groups in total. The highest BCUT2D eigenvalue weighted by molar-refractivity contribution is 4.94. The summed E-state index contributed by atoms with van der Waals surface area (Å²) < 4.78 is 39.9. The molecule has 1 saturated heterocycles. The van der Waals surface area contributed by atoms with Crippen molar-refractivity contribution in [3.63, 3.8) is 0 Å². The minimum Gasteiger partial charge on any atom is -0.311 e. The zero-order valence-electron chi connectivity index (χ0n) is 12.2. The van der Waals surface area contributed by atoms with Crippen LogP contribution in [0.2, 0.25) is 0 Å². The summed E-state index contributed by atoms with van der Waals surface area (Å²) in [4.78, 5) is 2.09. The van der Waals surface area contributed by atoms with Crippen molar-refractivity contribution in [2.24, 2.45) is 5.92 Å². The minimum absolute atomic E-state index is 0.140. The Morgan fingerprint density at radius 2 is 2.05 bits per heavy atom. The first-order valence-electron chi connectivity index (χ1n) is 6.85. The Bertz CT molecular complexity index is 282. The number of piperazine rings is 1. The Balaban J connectivity index is 2.51. The maximum Gasteiger partial charge on any atom is 0.522 e. The van der Waals surface area contributed by atoms with Crippen molar-refractivity contribution >= 4 is 0 Å². The van der Waals surface area contributed by atoms with Gasteiger partial charge in [0.1, 0.15) is 0 Å². The molecular formula is C13H25F3N2O. The zero-order valence-corrected chi connectivity index (χ0v) is 12.2. The predicted molar refractivity (Wildman–Crippen MR) is 68.9 cm³/mol. The third-order valence-corrected chi connectivity index (χ3v) is 4.03. The molecule has 114 valence electrons. The molecule has 1 aliphatic heterocycles. The molecule has 0 aromatic heterocycles. The van der Waals surface area contributed by atoms with Crippen molar-refractivity contribution in [3.8, 4) is 0 Å². The first-order valence-corrected chi connectivity index (χ1v) is 6.85. The van der Waals surface area contributed by atoms with E-state index < -0.39 is 6.36 Å². The van der Waals surface area contributed by atoms with Crippen molar-refractivity contribution in [1.29, 1.82) is 0 Å². The van der Waals surface area contributed by atoms with Crippen molar-refractivity contribution in [1.82, 2.24) is 10.2 Å². The summed E-state index contributed by atoms with van der Waals surface area (Å²) in [7, 11) is 0. The molecule has 1 fully saturated rings. The van der Waals surface area contributed by atoms with Crippen molar-refractivity contribution in [2.75, 3.05) is 26.2 Å². The molecule has 0 aromatic carbocycles. The molecule has 0 aromatic rings. The quantitative estimate of drug-likeness (QED) is 0.839. The number of nitrogens with one attached hydrogen (secondary N) is 1. The Hall–Kier alpha value is -0.330. The van der Waals surface area contributed by atoms with Gasteiger partial charge in [-0.25, -0.2) is 0 Å². The van der Waals surface area contributed by atoms with E-state index in [9.17, 15) is 13.2 Å². The minimum atomic E-state index is -4.53. The van der Waals surface area contributed by atoms with Gasteiger partial charge in [-0.3, -0.25) is 9.64 Å². The molecule has 0 radical (unpaired) electrons. The van der Waals surface area contributed by atoms with Gasteiger partial charge in [0.25, 0.3) is 0 Å². The van der Waals surface area contributed by atoms with Gasteiger partial charge < -0.3 is 5.32 Å². The molecule has 3 nitrogen and oxygen atoms in total. The summed E-state index contributed by atoms with van der Waals surface area (Å²) in [6, 6.07) is 0.337. The number of halogens is 3. The van der Waals surface area contributed by atoms with Crippen molar-refractivity contribution < 1.29 is 17.9 Å². The number of hydrogen-bond donors (Lipinski definition) is 1. The van der Waals surface area contributed by atoms with Gasteiger partial charge in [0, 0.05) is 31.2 Å². The van der Waals surface area contributed by atoms with Crippen LogP contribution in [-0.4, -0.2) is 49.1 Å². The third kappa shape index (κ3) is 5.28. The maximum absolute atomic E-state index is 12.0. The monoisotopic (exact) mass is 282 g/mol. The Morgan fingerprint density at radius 3 is 2.58 bits per heavy atom. The van der Waals surface area contributed by atoms with Crippen LogP contribution < -0.4 is 5.32 Å². The Morgan fingerprint density at radius 1 is 1.42 bits per heavy atom. The van der Waals surface area contributed by atoms with Gasteiger partial charge in [0.2, 0.25) is 0 Å². The van der Waals surface area contributed by atoms with Crippen LogP contribution in [0, 0.1) is 5.92 Å².